The van der Waals surface area contributed by atoms with E-state index in [1.54, 1.807) is 12.1 Å². The molecule has 1 fully saturated rings. The van der Waals surface area contributed by atoms with Gasteiger partial charge in [-0.25, -0.2) is 13.1 Å². The average molecular weight is 368 g/mol. The second kappa shape index (κ2) is 7.11. The minimum atomic E-state index is -3.81. The van der Waals surface area contributed by atoms with E-state index < -0.39 is 27.8 Å². The molecular weight excluding hydrogens is 348 g/mol. The Labute approximate surface area is 145 Å². The molecule has 1 saturated heterocycles. The van der Waals surface area contributed by atoms with Gasteiger partial charge in [0.15, 0.2) is 0 Å². The first-order valence-corrected chi connectivity index (χ1v) is 9.55. The Balaban J connectivity index is 1.62. The SMILES string of the molecule is O=C(O)C1CCCN(C(=O)CNS(=O)(=O)c2ccc3c(c2)COC3)C1. The van der Waals surface area contributed by atoms with E-state index in [1.807, 2.05) is 0 Å². The summed E-state index contributed by atoms with van der Waals surface area (Å²) in [4.78, 5) is 24.8. The summed E-state index contributed by atoms with van der Waals surface area (Å²) in [7, 11) is -3.81. The van der Waals surface area contributed by atoms with E-state index in [-0.39, 0.29) is 18.0 Å². The molecule has 0 spiro atoms. The number of hydrogen-bond acceptors (Lipinski definition) is 5. The van der Waals surface area contributed by atoms with Gasteiger partial charge in [-0.2, -0.15) is 0 Å². The lowest BCUT2D eigenvalue weighted by atomic mass is 9.98. The van der Waals surface area contributed by atoms with Gasteiger partial charge in [-0.1, -0.05) is 6.07 Å². The van der Waals surface area contributed by atoms with Crippen LogP contribution in [-0.2, 0) is 37.6 Å². The zero-order valence-corrected chi connectivity index (χ0v) is 14.4. The lowest BCUT2D eigenvalue weighted by molar-refractivity contribution is -0.145. The van der Waals surface area contributed by atoms with Crippen molar-refractivity contribution in [2.45, 2.75) is 31.0 Å². The number of nitrogens with one attached hydrogen (secondary N) is 1. The number of nitrogens with zero attached hydrogens (tertiary/aromatic N) is 1. The van der Waals surface area contributed by atoms with Gasteiger partial charge in [0.25, 0.3) is 0 Å². The Hall–Kier alpha value is -1.97. The quantitative estimate of drug-likeness (QED) is 0.774. The summed E-state index contributed by atoms with van der Waals surface area (Å²) in [6.45, 7) is 1.03. The van der Waals surface area contributed by atoms with E-state index in [4.69, 9.17) is 9.84 Å². The molecule has 0 saturated carbocycles. The first kappa shape index (κ1) is 17.8. The number of piperidine rings is 1. The van der Waals surface area contributed by atoms with Crippen molar-refractivity contribution in [3.63, 3.8) is 0 Å². The van der Waals surface area contributed by atoms with Crippen LogP contribution in [0.2, 0.25) is 0 Å². The van der Waals surface area contributed by atoms with Crippen molar-refractivity contribution in [2.24, 2.45) is 5.92 Å². The van der Waals surface area contributed by atoms with Crippen molar-refractivity contribution in [1.29, 1.82) is 0 Å². The molecule has 25 heavy (non-hydrogen) atoms. The summed E-state index contributed by atoms with van der Waals surface area (Å²) in [5.41, 5.74) is 1.79. The molecule has 2 heterocycles. The van der Waals surface area contributed by atoms with Crippen LogP contribution in [-0.4, -0.2) is 49.9 Å². The van der Waals surface area contributed by atoms with E-state index in [2.05, 4.69) is 4.72 Å². The zero-order valence-electron chi connectivity index (χ0n) is 13.6. The number of ether oxygens (including phenoxy) is 1. The molecule has 1 aromatic carbocycles. The second-order valence-electron chi connectivity index (χ2n) is 6.27. The summed E-state index contributed by atoms with van der Waals surface area (Å²) in [5, 5.41) is 9.06. The second-order valence-corrected chi connectivity index (χ2v) is 8.03. The van der Waals surface area contributed by atoms with Gasteiger partial charge in [-0.05, 0) is 36.1 Å². The summed E-state index contributed by atoms with van der Waals surface area (Å²) in [6.07, 6.45) is 1.13. The van der Waals surface area contributed by atoms with Crippen LogP contribution in [0.25, 0.3) is 0 Å². The molecule has 0 bridgehead atoms. The fraction of sp³-hybridized carbons (Fsp3) is 0.500. The maximum atomic E-state index is 12.4. The minimum Gasteiger partial charge on any atom is -0.481 e. The third-order valence-corrected chi connectivity index (χ3v) is 5.94. The molecule has 0 radical (unpaired) electrons. The highest BCUT2D eigenvalue weighted by Crippen LogP contribution is 2.23. The van der Waals surface area contributed by atoms with Crippen LogP contribution in [0, 0.1) is 5.92 Å². The standard InChI is InChI=1S/C16H20N2O6S/c19-15(18-5-1-2-11(8-18)16(20)21)7-17-25(22,23)14-4-3-12-9-24-10-13(12)6-14/h3-4,6,11,17H,1-2,5,7-10H2,(H,20,21). The number of sulfonamides is 1. The number of carbonyl (C=O) groups excluding carboxylic acids is 1. The number of benzene rings is 1. The molecule has 3 rings (SSSR count). The molecule has 136 valence electrons. The molecule has 0 aliphatic carbocycles. The van der Waals surface area contributed by atoms with Crippen LogP contribution in [0.4, 0.5) is 0 Å². The molecule has 8 nitrogen and oxygen atoms in total. The van der Waals surface area contributed by atoms with Gasteiger partial charge < -0.3 is 14.7 Å². The van der Waals surface area contributed by atoms with Crippen molar-refractivity contribution in [2.75, 3.05) is 19.6 Å². The maximum Gasteiger partial charge on any atom is 0.308 e. The van der Waals surface area contributed by atoms with Crippen molar-refractivity contribution < 1.29 is 27.9 Å². The zero-order chi connectivity index (χ0) is 18.0. The number of amides is 1. The Morgan fingerprint density at radius 2 is 2.04 bits per heavy atom. The average Bonchev–Trinajstić information content (AvgIpc) is 3.07. The monoisotopic (exact) mass is 368 g/mol. The smallest absolute Gasteiger partial charge is 0.308 e. The molecule has 2 aliphatic rings. The van der Waals surface area contributed by atoms with Gasteiger partial charge in [-0.3, -0.25) is 9.59 Å². The predicted molar refractivity (Wildman–Crippen MR) is 87.1 cm³/mol. The molecule has 1 unspecified atom stereocenters. The van der Waals surface area contributed by atoms with Crippen molar-refractivity contribution in [1.82, 2.24) is 9.62 Å². The Kier molecular flexibility index (Phi) is 5.07. The van der Waals surface area contributed by atoms with E-state index in [0.29, 0.717) is 32.6 Å². The van der Waals surface area contributed by atoms with Crippen molar-refractivity contribution in [3.05, 3.63) is 29.3 Å². The van der Waals surface area contributed by atoms with Crippen LogP contribution >= 0.6 is 0 Å². The molecule has 1 amide bonds. The maximum absolute atomic E-state index is 12.4. The summed E-state index contributed by atoms with van der Waals surface area (Å²) < 4.78 is 32.3. The van der Waals surface area contributed by atoms with Gasteiger partial charge in [0, 0.05) is 13.1 Å². The first-order chi connectivity index (χ1) is 11.9. The van der Waals surface area contributed by atoms with E-state index >= 15 is 0 Å². The summed E-state index contributed by atoms with van der Waals surface area (Å²) in [6, 6.07) is 4.75. The molecule has 0 aromatic heterocycles. The minimum absolute atomic E-state index is 0.0895. The van der Waals surface area contributed by atoms with Crippen molar-refractivity contribution >= 4 is 21.9 Å². The number of carboxylic acid groups (broad SMARTS) is 1. The normalized spacial score (nSPS) is 20.3. The van der Waals surface area contributed by atoms with E-state index in [1.165, 1.54) is 11.0 Å². The fourth-order valence-electron chi connectivity index (χ4n) is 3.07. The molecule has 1 atom stereocenters. The lowest BCUT2D eigenvalue weighted by Gasteiger charge is -2.30. The third-order valence-electron chi connectivity index (χ3n) is 4.54. The lowest BCUT2D eigenvalue weighted by Crippen LogP contribution is -2.46. The molecular formula is C16H20N2O6S. The number of carbonyl (C=O) groups is 2. The Morgan fingerprint density at radius 3 is 2.80 bits per heavy atom. The van der Waals surface area contributed by atoms with E-state index in [9.17, 15) is 18.0 Å². The van der Waals surface area contributed by atoms with Gasteiger partial charge in [-0.15, -0.1) is 0 Å². The molecule has 1 aromatic rings. The number of hydrogen-bond donors (Lipinski definition) is 2. The largest absolute Gasteiger partial charge is 0.481 e. The first-order valence-electron chi connectivity index (χ1n) is 8.06. The third kappa shape index (κ3) is 4.00. The van der Waals surface area contributed by atoms with Crippen LogP contribution in [0.15, 0.2) is 23.1 Å². The molecule has 2 aliphatic heterocycles. The number of rotatable bonds is 5. The number of aliphatic carboxylic acids is 1. The summed E-state index contributed by atoms with van der Waals surface area (Å²) in [5.74, 6) is -1.94. The van der Waals surface area contributed by atoms with Gasteiger partial charge in [0.1, 0.15) is 0 Å². The van der Waals surface area contributed by atoms with E-state index in [0.717, 1.165) is 11.1 Å². The number of carboxylic acids is 1. The van der Waals surface area contributed by atoms with Gasteiger partial charge in [0.2, 0.25) is 15.9 Å². The van der Waals surface area contributed by atoms with Gasteiger partial charge >= 0.3 is 5.97 Å². The Bertz CT molecular complexity index is 792. The topological polar surface area (TPSA) is 113 Å². The molecule has 2 N–H and O–H groups in total. The highest BCUT2D eigenvalue weighted by atomic mass is 32.2. The number of fused-ring (bicyclic) bond motifs is 1. The van der Waals surface area contributed by atoms with Gasteiger partial charge in [0.05, 0.1) is 30.6 Å². The van der Waals surface area contributed by atoms with Crippen LogP contribution < -0.4 is 4.72 Å². The Morgan fingerprint density at radius 1 is 1.28 bits per heavy atom. The highest BCUT2D eigenvalue weighted by molar-refractivity contribution is 7.89. The predicted octanol–water partition coefficient (Wildman–Crippen LogP) is 0.318. The summed E-state index contributed by atoms with van der Waals surface area (Å²) >= 11 is 0. The molecule has 9 heteroatoms. The van der Waals surface area contributed by atoms with Crippen LogP contribution in [0.3, 0.4) is 0 Å². The van der Waals surface area contributed by atoms with Crippen molar-refractivity contribution in [3.8, 4) is 0 Å². The van der Waals surface area contributed by atoms with Crippen LogP contribution in [0.1, 0.15) is 24.0 Å². The highest BCUT2D eigenvalue weighted by Gasteiger charge is 2.28. The van der Waals surface area contributed by atoms with Crippen LogP contribution in [0.5, 0.6) is 0 Å². The number of likely N-dealkylation sites (tertiary alicyclic amines) is 1. The fourth-order valence-corrected chi connectivity index (χ4v) is 4.10.